The summed E-state index contributed by atoms with van der Waals surface area (Å²) in [4.78, 5) is 22.0. The molecule has 1 aromatic heterocycles. The molecule has 0 amide bonds. The predicted octanol–water partition coefficient (Wildman–Crippen LogP) is 3.15. The van der Waals surface area contributed by atoms with Gasteiger partial charge >= 0.3 is 0 Å². The summed E-state index contributed by atoms with van der Waals surface area (Å²) in [6, 6.07) is 9.40. The van der Waals surface area contributed by atoms with Crippen LogP contribution in [-0.2, 0) is 13.0 Å². The van der Waals surface area contributed by atoms with Gasteiger partial charge in [0.25, 0.3) is 5.69 Å². The maximum atomic E-state index is 11.2. The molecule has 0 N–H and O–H groups in total. The van der Waals surface area contributed by atoms with Crippen molar-refractivity contribution in [1.29, 1.82) is 0 Å². The van der Waals surface area contributed by atoms with Crippen LogP contribution in [0.2, 0.25) is 0 Å². The van der Waals surface area contributed by atoms with Gasteiger partial charge in [-0.25, -0.2) is 4.99 Å². The molecule has 3 heterocycles. The van der Waals surface area contributed by atoms with Crippen molar-refractivity contribution in [3.05, 3.63) is 64.0 Å². The molecular formula is C16H14N4O2S. The Hall–Kier alpha value is -2.41. The van der Waals surface area contributed by atoms with E-state index in [-0.39, 0.29) is 16.7 Å². The van der Waals surface area contributed by atoms with Crippen LogP contribution < -0.4 is 0 Å². The number of nitro groups is 1. The second-order valence-corrected chi connectivity index (χ2v) is 6.56. The average molecular weight is 326 g/mol. The first kappa shape index (κ1) is 14.2. The molecule has 116 valence electrons. The van der Waals surface area contributed by atoms with Gasteiger partial charge < -0.3 is 4.90 Å². The molecule has 1 saturated heterocycles. The van der Waals surface area contributed by atoms with Crippen LogP contribution in [0.15, 0.2) is 47.7 Å². The largest absolute Gasteiger partial charge is 0.343 e. The molecule has 1 aromatic carbocycles. The zero-order valence-electron chi connectivity index (χ0n) is 12.3. The third-order valence-electron chi connectivity index (χ3n) is 4.19. The Kier molecular flexibility index (Phi) is 3.49. The lowest BCUT2D eigenvalue weighted by Crippen LogP contribution is -2.39. The Balaban J connectivity index is 1.67. The minimum Gasteiger partial charge on any atom is -0.343 e. The molecule has 0 bridgehead atoms. The summed E-state index contributed by atoms with van der Waals surface area (Å²) >= 11 is 1.71. The van der Waals surface area contributed by atoms with Gasteiger partial charge in [0, 0.05) is 42.6 Å². The van der Waals surface area contributed by atoms with E-state index in [4.69, 9.17) is 0 Å². The van der Waals surface area contributed by atoms with Crippen molar-refractivity contribution < 1.29 is 4.92 Å². The third kappa shape index (κ3) is 2.57. The van der Waals surface area contributed by atoms with Crippen molar-refractivity contribution in [3.63, 3.8) is 0 Å². The number of hydrogen-bond donors (Lipinski definition) is 0. The van der Waals surface area contributed by atoms with Crippen LogP contribution in [-0.4, -0.2) is 31.8 Å². The van der Waals surface area contributed by atoms with E-state index < -0.39 is 0 Å². The first-order chi connectivity index (χ1) is 11.2. The minimum atomic E-state index is -0.277. The molecule has 2 aliphatic heterocycles. The van der Waals surface area contributed by atoms with Crippen molar-refractivity contribution in [2.24, 2.45) is 4.99 Å². The first-order valence-electron chi connectivity index (χ1n) is 7.35. The summed E-state index contributed by atoms with van der Waals surface area (Å²) in [5, 5.41) is 12.2. The number of nitro benzene ring substituents is 1. The van der Waals surface area contributed by atoms with Gasteiger partial charge in [0.15, 0.2) is 5.17 Å². The number of amidine groups is 1. The summed E-state index contributed by atoms with van der Waals surface area (Å²) in [6.07, 6.45) is 4.17. The van der Waals surface area contributed by atoms with E-state index >= 15 is 0 Å². The molecule has 6 nitrogen and oxygen atoms in total. The molecule has 0 aliphatic carbocycles. The normalized spacial score (nSPS) is 21.1. The zero-order valence-corrected chi connectivity index (χ0v) is 13.1. The molecule has 1 atom stereocenters. The van der Waals surface area contributed by atoms with E-state index in [2.05, 4.69) is 14.9 Å². The van der Waals surface area contributed by atoms with Crippen LogP contribution in [0, 0.1) is 10.1 Å². The fourth-order valence-electron chi connectivity index (χ4n) is 3.09. The maximum absolute atomic E-state index is 11.2. The fourth-order valence-corrected chi connectivity index (χ4v) is 4.28. The van der Waals surface area contributed by atoms with Gasteiger partial charge in [-0.05, 0) is 17.7 Å². The lowest BCUT2D eigenvalue weighted by Gasteiger charge is -2.32. The van der Waals surface area contributed by atoms with Crippen molar-refractivity contribution in [2.75, 3.05) is 5.75 Å². The molecule has 0 radical (unpaired) electrons. The SMILES string of the molecule is O=[N+]([O-])c1cccc2c1CC1CSC(=Nc3cccnc3)N1C2. The Morgan fingerprint density at radius 3 is 3.04 bits per heavy atom. The molecule has 1 fully saturated rings. The highest BCUT2D eigenvalue weighted by molar-refractivity contribution is 8.14. The molecule has 7 heteroatoms. The van der Waals surface area contributed by atoms with E-state index in [0.29, 0.717) is 13.0 Å². The second kappa shape index (κ2) is 5.66. The Labute approximate surface area is 137 Å². The molecule has 1 unspecified atom stereocenters. The second-order valence-electron chi connectivity index (χ2n) is 5.57. The van der Waals surface area contributed by atoms with Crippen molar-refractivity contribution >= 4 is 28.3 Å². The van der Waals surface area contributed by atoms with E-state index in [1.54, 1.807) is 36.3 Å². The molecule has 23 heavy (non-hydrogen) atoms. The summed E-state index contributed by atoms with van der Waals surface area (Å²) in [5.74, 6) is 0.907. The molecule has 0 saturated carbocycles. The number of benzene rings is 1. The van der Waals surface area contributed by atoms with Crippen LogP contribution in [0.4, 0.5) is 11.4 Å². The minimum absolute atomic E-state index is 0.241. The summed E-state index contributed by atoms with van der Waals surface area (Å²) in [7, 11) is 0. The van der Waals surface area contributed by atoms with Crippen LogP contribution in [0.3, 0.4) is 0 Å². The molecular weight excluding hydrogens is 312 g/mol. The molecule has 0 spiro atoms. The number of pyridine rings is 1. The third-order valence-corrected chi connectivity index (χ3v) is 5.32. The zero-order chi connectivity index (χ0) is 15.8. The fraction of sp³-hybridized carbons (Fsp3) is 0.250. The number of aliphatic imine (C=N–C) groups is 1. The quantitative estimate of drug-likeness (QED) is 0.626. The number of thioether (sulfide) groups is 1. The van der Waals surface area contributed by atoms with E-state index in [9.17, 15) is 10.1 Å². The monoisotopic (exact) mass is 326 g/mol. The highest BCUT2D eigenvalue weighted by Gasteiger charge is 2.37. The summed E-state index contributed by atoms with van der Waals surface area (Å²) in [5.41, 5.74) is 2.98. The Morgan fingerprint density at radius 2 is 2.26 bits per heavy atom. The predicted molar refractivity (Wildman–Crippen MR) is 89.9 cm³/mol. The number of rotatable bonds is 2. The highest BCUT2D eigenvalue weighted by atomic mass is 32.2. The van der Waals surface area contributed by atoms with Crippen molar-refractivity contribution in [3.8, 4) is 0 Å². The van der Waals surface area contributed by atoms with Gasteiger partial charge in [-0.2, -0.15) is 0 Å². The topological polar surface area (TPSA) is 71.6 Å². The summed E-state index contributed by atoms with van der Waals surface area (Å²) in [6.45, 7) is 0.674. The molecule has 2 aromatic rings. The number of nitrogens with zero attached hydrogens (tertiary/aromatic N) is 4. The highest BCUT2D eigenvalue weighted by Crippen LogP contribution is 2.37. The van der Waals surface area contributed by atoms with Crippen LogP contribution in [0.1, 0.15) is 11.1 Å². The lowest BCUT2D eigenvalue weighted by molar-refractivity contribution is -0.385. The molecule has 2 aliphatic rings. The van der Waals surface area contributed by atoms with Crippen LogP contribution in [0.25, 0.3) is 0 Å². The number of fused-ring (bicyclic) bond motifs is 2. The van der Waals surface area contributed by atoms with E-state index in [0.717, 1.165) is 27.7 Å². The van der Waals surface area contributed by atoms with Gasteiger partial charge in [-0.1, -0.05) is 23.9 Å². The Morgan fingerprint density at radius 1 is 1.35 bits per heavy atom. The maximum Gasteiger partial charge on any atom is 0.273 e. The average Bonchev–Trinajstić information content (AvgIpc) is 2.95. The van der Waals surface area contributed by atoms with Crippen molar-refractivity contribution in [1.82, 2.24) is 9.88 Å². The molecule has 4 rings (SSSR count). The number of aromatic nitrogens is 1. The van der Waals surface area contributed by atoms with Crippen LogP contribution in [0.5, 0.6) is 0 Å². The smallest absolute Gasteiger partial charge is 0.273 e. The van der Waals surface area contributed by atoms with Gasteiger partial charge in [-0.3, -0.25) is 15.1 Å². The first-order valence-corrected chi connectivity index (χ1v) is 8.34. The van der Waals surface area contributed by atoms with Crippen molar-refractivity contribution in [2.45, 2.75) is 19.0 Å². The lowest BCUT2D eigenvalue weighted by atomic mass is 9.94. The van der Waals surface area contributed by atoms with Crippen LogP contribution >= 0.6 is 11.8 Å². The van der Waals surface area contributed by atoms with Gasteiger partial charge in [0.1, 0.15) is 0 Å². The summed E-state index contributed by atoms with van der Waals surface area (Å²) < 4.78 is 0. The number of hydrogen-bond acceptors (Lipinski definition) is 5. The Bertz CT molecular complexity index is 794. The van der Waals surface area contributed by atoms with E-state index in [1.165, 1.54) is 0 Å². The van der Waals surface area contributed by atoms with Gasteiger partial charge in [0.05, 0.1) is 16.8 Å². The van der Waals surface area contributed by atoms with Gasteiger partial charge in [-0.15, -0.1) is 0 Å². The van der Waals surface area contributed by atoms with E-state index in [1.807, 2.05) is 18.2 Å². The van der Waals surface area contributed by atoms with Gasteiger partial charge in [0.2, 0.25) is 0 Å². The standard InChI is InChI=1S/C16H14N4O2S/c21-20(22)15-5-1-3-11-9-19-13(7-14(11)15)10-23-16(19)18-12-4-2-6-17-8-12/h1-6,8,13H,7,9-10H2.